The van der Waals surface area contributed by atoms with Gasteiger partial charge in [0.1, 0.15) is 0 Å². The first kappa shape index (κ1) is 11.9. The number of anilines is 1. The SMILES string of the molecule is CCc1cccc(NC(=O)N2CC[C@@H](O)C2)c1. The van der Waals surface area contributed by atoms with Gasteiger partial charge < -0.3 is 15.3 Å². The molecule has 0 aromatic heterocycles. The number of aliphatic hydroxyl groups is 1. The molecule has 2 N–H and O–H groups in total. The molecule has 0 unspecified atom stereocenters. The van der Waals surface area contributed by atoms with Crippen LogP contribution in [0, 0.1) is 0 Å². The number of rotatable bonds is 2. The van der Waals surface area contributed by atoms with Crippen LogP contribution in [0.15, 0.2) is 24.3 Å². The molecule has 0 saturated carbocycles. The predicted molar refractivity (Wildman–Crippen MR) is 67.0 cm³/mol. The fraction of sp³-hybridized carbons (Fsp3) is 0.462. The lowest BCUT2D eigenvalue weighted by Gasteiger charge is -2.16. The van der Waals surface area contributed by atoms with E-state index in [2.05, 4.69) is 12.2 Å². The maximum atomic E-state index is 11.9. The van der Waals surface area contributed by atoms with Crippen molar-refractivity contribution in [3.8, 4) is 0 Å². The molecule has 1 aliphatic heterocycles. The van der Waals surface area contributed by atoms with Crippen LogP contribution in [0.3, 0.4) is 0 Å². The van der Waals surface area contributed by atoms with Gasteiger partial charge in [0.15, 0.2) is 0 Å². The van der Waals surface area contributed by atoms with Crippen molar-refractivity contribution in [3.63, 3.8) is 0 Å². The minimum atomic E-state index is -0.372. The fourth-order valence-corrected chi connectivity index (χ4v) is 2.00. The highest BCUT2D eigenvalue weighted by Crippen LogP contribution is 2.14. The molecular formula is C13H18N2O2. The third-order valence-electron chi connectivity index (χ3n) is 3.04. The number of benzene rings is 1. The average molecular weight is 234 g/mol. The number of carbonyl (C=O) groups is 1. The molecule has 1 heterocycles. The van der Waals surface area contributed by atoms with E-state index >= 15 is 0 Å². The van der Waals surface area contributed by atoms with Gasteiger partial charge in [-0.15, -0.1) is 0 Å². The highest BCUT2D eigenvalue weighted by atomic mass is 16.3. The Labute approximate surface area is 101 Å². The van der Waals surface area contributed by atoms with Crippen molar-refractivity contribution in [1.82, 2.24) is 4.90 Å². The molecule has 2 rings (SSSR count). The van der Waals surface area contributed by atoms with Gasteiger partial charge >= 0.3 is 6.03 Å². The standard InChI is InChI=1S/C13H18N2O2/c1-2-10-4-3-5-11(8-10)14-13(17)15-7-6-12(16)9-15/h3-5,8,12,16H,2,6-7,9H2,1H3,(H,14,17)/t12-/m1/s1. The van der Waals surface area contributed by atoms with Gasteiger partial charge in [0, 0.05) is 18.8 Å². The summed E-state index contributed by atoms with van der Waals surface area (Å²) < 4.78 is 0. The van der Waals surface area contributed by atoms with Gasteiger partial charge in [0.2, 0.25) is 0 Å². The molecule has 4 heteroatoms. The van der Waals surface area contributed by atoms with E-state index in [1.807, 2.05) is 24.3 Å². The second-order valence-corrected chi connectivity index (χ2v) is 4.37. The summed E-state index contributed by atoms with van der Waals surface area (Å²) in [6.45, 7) is 3.14. The van der Waals surface area contributed by atoms with Crippen molar-refractivity contribution in [2.24, 2.45) is 0 Å². The second kappa shape index (κ2) is 5.19. The van der Waals surface area contributed by atoms with Crippen LogP contribution in [-0.4, -0.2) is 35.2 Å². The van der Waals surface area contributed by atoms with Crippen molar-refractivity contribution >= 4 is 11.7 Å². The Morgan fingerprint density at radius 1 is 1.59 bits per heavy atom. The van der Waals surface area contributed by atoms with Crippen LogP contribution in [0.25, 0.3) is 0 Å². The molecule has 1 saturated heterocycles. The molecule has 92 valence electrons. The van der Waals surface area contributed by atoms with E-state index in [1.54, 1.807) is 4.90 Å². The molecular weight excluding hydrogens is 216 g/mol. The Balaban J connectivity index is 1.98. The molecule has 1 aromatic carbocycles. The number of aliphatic hydroxyl groups excluding tert-OH is 1. The van der Waals surface area contributed by atoms with Crippen molar-refractivity contribution in [2.75, 3.05) is 18.4 Å². The topological polar surface area (TPSA) is 52.6 Å². The summed E-state index contributed by atoms with van der Waals surface area (Å²) in [7, 11) is 0. The van der Waals surface area contributed by atoms with Crippen molar-refractivity contribution in [3.05, 3.63) is 29.8 Å². The summed E-state index contributed by atoms with van der Waals surface area (Å²) in [4.78, 5) is 13.5. The molecule has 0 bridgehead atoms. The van der Waals surface area contributed by atoms with Crippen LogP contribution in [-0.2, 0) is 6.42 Å². The Bertz CT molecular complexity index is 406. The zero-order chi connectivity index (χ0) is 12.3. The third kappa shape index (κ3) is 2.97. The monoisotopic (exact) mass is 234 g/mol. The lowest BCUT2D eigenvalue weighted by atomic mass is 10.1. The number of β-amino-alcohol motifs (C(OH)–C–C–N with tert-alkyl or cyclic N) is 1. The summed E-state index contributed by atoms with van der Waals surface area (Å²) in [5.41, 5.74) is 2.01. The van der Waals surface area contributed by atoms with Gasteiger partial charge in [-0.05, 0) is 30.5 Å². The van der Waals surface area contributed by atoms with Gasteiger partial charge in [-0.3, -0.25) is 0 Å². The lowest BCUT2D eigenvalue weighted by molar-refractivity contribution is 0.176. The predicted octanol–water partition coefficient (Wildman–Crippen LogP) is 1.85. The number of nitrogens with zero attached hydrogens (tertiary/aromatic N) is 1. The van der Waals surface area contributed by atoms with E-state index in [9.17, 15) is 9.90 Å². The van der Waals surface area contributed by atoms with Crippen LogP contribution in [0.1, 0.15) is 18.9 Å². The molecule has 1 atom stereocenters. The van der Waals surface area contributed by atoms with E-state index in [-0.39, 0.29) is 12.1 Å². The van der Waals surface area contributed by atoms with Crippen LogP contribution < -0.4 is 5.32 Å². The number of urea groups is 1. The van der Waals surface area contributed by atoms with E-state index in [0.717, 1.165) is 12.1 Å². The summed E-state index contributed by atoms with van der Waals surface area (Å²) in [6, 6.07) is 7.70. The minimum absolute atomic E-state index is 0.130. The summed E-state index contributed by atoms with van der Waals surface area (Å²) in [5, 5.41) is 12.2. The van der Waals surface area contributed by atoms with Gasteiger partial charge in [-0.2, -0.15) is 0 Å². The van der Waals surface area contributed by atoms with Gasteiger partial charge in [-0.25, -0.2) is 4.79 Å². The van der Waals surface area contributed by atoms with Crippen LogP contribution >= 0.6 is 0 Å². The van der Waals surface area contributed by atoms with E-state index in [1.165, 1.54) is 5.56 Å². The smallest absolute Gasteiger partial charge is 0.321 e. The quantitative estimate of drug-likeness (QED) is 0.820. The largest absolute Gasteiger partial charge is 0.391 e. The molecule has 1 aromatic rings. The first-order chi connectivity index (χ1) is 8.19. The number of hydrogen-bond acceptors (Lipinski definition) is 2. The molecule has 17 heavy (non-hydrogen) atoms. The number of aryl methyl sites for hydroxylation is 1. The van der Waals surface area contributed by atoms with Crippen molar-refractivity contribution < 1.29 is 9.90 Å². The van der Waals surface area contributed by atoms with Crippen molar-refractivity contribution in [2.45, 2.75) is 25.9 Å². The number of nitrogens with one attached hydrogen (secondary N) is 1. The zero-order valence-corrected chi connectivity index (χ0v) is 10.0. The highest BCUT2D eigenvalue weighted by Gasteiger charge is 2.24. The molecule has 2 amide bonds. The maximum Gasteiger partial charge on any atom is 0.321 e. The molecule has 0 spiro atoms. The Kier molecular flexibility index (Phi) is 3.64. The first-order valence-electron chi connectivity index (χ1n) is 6.02. The molecule has 1 aliphatic rings. The Morgan fingerprint density at radius 2 is 2.41 bits per heavy atom. The highest BCUT2D eigenvalue weighted by molar-refractivity contribution is 5.89. The van der Waals surface area contributed by atoms with Crippen molar-refractivity contribution in [1.29, 1.82) is 0 Å². The zero-order valence-electron chi connectivity index (χ0n) is 10.0. The van der Waals surface area contributed by atoms with Gasteiger partial charge in [0.25, 0.3) is 0 Å². The van der Waals surface area contributed by atoms with Gasteiger partial charge in [0.05, 0.1) is 6.10 Å². The molecule has 4 nitrogen and oxygen atoms in total. The number of likely N-dealkylation sites (tertiary alicyclic amines) is 1. The lowest BCUT2D eigenvalue weighted by Crippen LogP contribution is -2.33. The minimum Gasteiger partial charge on any atom is -0.391 e. The van der Waals surface area contributed by atoms with E-state index in [0.29, 0.717) is 19.5 Å². The van der Waals surface area contributed by atoms with E-state index in [4.69, 9.17) is 0 Å². The Hall–Kier alpha value is -1.55. The summed E-state index contributed by atoms with van der Waals surface area (Å²) >= 11 is 0. The Morgan fingerprint density at radius 3 is 3.06 bits per heavy atom. The number of carbonyl (C=O) groups excluding carboxylic acids is 1. The molecule has 1 fully saturated rings. The van der Waals surface area contributed by atoms with Crippen LogP contribution in [0.2, 0.25) is 0 Å². The fourth-order valence-electron chi connectivity index (χ4n) is 2.00. The number of amides is 2. The van der Waals surface area contributed by atoms with Crippen LogP contribution in [0.5, 0.6) is 0 Å². The normalized spacial score (nSPS) is 19.4. The molecule has 0 aliphatic carbocycles. The molecule has 0 radical (unpaired) electrons. The average Bonchev–Trinajstić information content (AvgIpc) is 2.76. The second-order valence-electron chi connectivity index (χ2n) is 4.37. The first-order valence-corrected chi connectivity index (χ1v) is 6.02. The third-order valence-corrected chi connectivity index (χ3v) is 3.04. The van der Waals surface area contributed by atoms with E-state index < -0.39 is 0 Å². The summed E-state index contributed by atoms with van der Waals surface area (Å²) in [6.07, 6.45) is 1.25. The van der Waals surface area contributed by atoms with Crippen LogP contribution in [0.4, 0.5) is 10.5 Å². The number of hydrogen-bond donors (Lipinski definition) is 2. The summed E-state index contributed by atoms with van der Waals surface area (Å²) in [5.74, 6) is 0. The maximum absolute atomic E-state index is 11.9. The van der Waals surface area contributed by atoms with Gasteiger partial charge in [-0.1, -0.05) is 19.1 Å².